The van der Waals surface area contributed by atoms with Gasteiger partial charge in [0, 0.05) is 0 Å². The molecule has 0 aliphatic carbocycles. The van der Waals surface area contributed by atoms with E-state index in [1.165, 1.54) is 0 Å². The molecular weight excluding hydrogens is 251 g/mol. The Hall–Kier alpha value is -0.670. The first kappa shape index (κ1) is 15.4. The zero-order valence-electron chi connectivity index (χ0n) is 10.9. The van der Waals surface area contributed by atoms with Crippen LogP contribution in [-0.2, 0) is 20.0 Å². The average Bonchev–Trinajstić information content (AvgIpc) is 2.30. The Balaban J connectivity index is 2.56. The minimum Gasteiger partial charge on any atom is -0.392 e. The summed E-state index contributed by atoms with van der Waals surface area (Å²) in [5.74, 6) is 0. The lowest BCUT2D eigenvalue weighted by Crippen LogP contribution is -2.18. The smallest absolute Gasteiger partial charge is 0.333 e. The fourth-order valence-electron chi connectivity index (χ4n) is 1.74. The van der Waals surface area contributed by atoms with Gasteiger partial charge in [0.05, 0.1) is 25.5 Å². The van der Waals surface area contributed by atoms with Crippen LogP contribution in [0.3, 0.4) is 0 Å². The van der Waals surface area contributed by atoms with Crippen LogP contribution in [0.15, 0.2) is 30.3 Å². The zero-order valence-corrected chi connectivity index (χ0v) is 11.8. The van der Waals surface area contributed by atoms with Gasteiger partial charge < -0.3 is 14.2 Å². The molecule has 5 heteroatoms. The molecule has 0 saturated heterocycles. The van der Waals surface area contributed by atoms with Gasteiger partial charge in [-0.1, -0.05) is 30.3 Å². The highest BCUT2D eigenvalue weighted by molar-refractivity contribution is 7.53. The Bertz CT molecular complexity index is 370. The van der Waals surface area contributed by atoms with Crippen molar-refractivity contribution in [3.8, 4) is 0 Å². The van der Waals surface area contributed by atoms with E-state index in [0.717, 1.165) is 5.56 Å². The summed E-state index contributed by atoms with van der Waals surface area (Å²) in [5, 5.41) is 9.96. The van der Waals surface area contributed by atoms with Crippen LogP contribution in [0, 0.1) is 0 Å². The number of aliphatic hydroxyl groups is 1. The largest absolute Gasteiger partial charge is 0.392 e. The summed E-state index contributed by atoms with van der Waals surface area (Å²) in [5.41, 5.74) is 1.00. The van der Waals surface area contributed by atoms with Crippen LogP contribution in [0.4, 0.5) is 0 Å². The second-order valence-corrected chi connectivity index (χ2v) is 6.08. The Kier molecular flexibility index (Phi) is 6.58. The first-order chi connectivity index (χ1) is 8.59. The monoisotopic (exact) mass is 272 g/mol. The van der Waals surface area contributed by atoms with E-state index in [4.69, 9.17) is 9.05 Å². The summed E-state index contributed by atoms with van der Waals surface area (Å²) < 4.78 is 22.5. The van der Waals surface area contributed by atoms with Gasteiger partial charge in [0.1, 0.15) is 0 Å². The second kappa shape index (κ2) is 7.70. The van der Waals surface area contributed by atoms with E-state index < -0.39 is 13.7 Å². The van der Waals surface area contributed by atoms with Gasteiger partial charge in [0.25, 0.3) is 0 Å². The molecular formula is C13H21O4P. The van der Waals surface area contributed by atoms with Crippen molar-refractivity contribution < 1.29 is 18.7 Å². The molecule has 0 heterocycles. The predicted molar refractivity (Wildman–Crippen MR) is 71.9 cm³/mol. The van der Waals surface area contributed by atoms with Crippen molar-refractivity contribution in [3.05, 3.63) is 35.9 Å². The van der Waals surface area contributed by atoms with Crippen LogP contribution in [0.2, 0.25) is 0 Å². The molecule has 0 aliphatic rings. The van der Waals surface area contributed by atoms with Crippen molar-refractivity contribution in [1.82, 2.24) is 0 Å². The summed E-state index contributed by atoms with van der Waals surface area (Å²) in [6.45, 7) is 4.15. The fourth-order valence-corrected chi connectivity index (χ4v) is 3.46. The molecule has 102 valence electrons. The van der Waals surface area contributed by atoms with E-state index in [1.807, 2.05) is 30.3 Å². The summed E-state index contributed by atoms with van der Waals surface area (Å²) in [6, 6.07) is 9.59. The van der Waals surface area contributed by atoms with Crippen molar-refractivity contribution in [2.75, 3.05) is 19.4 Å². The number of aliphatic hydroxyl groups excluding tert-OH is 1. The third kappa shape index (κ3) is 5.32. The highest BCUT2D eigenvalue weighted by Crippen LogP contribution is 2.48. The number of hydrogen-bond acceptors (Lipinski definition) is 4. The number of benzene rings is 1. The molecule has 1 aromatic carbocycles. The summed E-state index contributed by atoms with van der Waals surface area (Å²) in [6.07, 6.45) is -0.245. The van der Waals surface area contributed by atoms with Crippen LogP contribution in [-0.4, -0.2) is 30.6 Å². The quantitative estimate of drug-likeness (QED) is 0.739. The van der Waals surface area contributed by atoms with E-state index in [1.54, 1.807) is 13.8 Å². The van der Waals surface area contributed by atoms with Crippen molar-refractivity contribution in [2.24, 2.45) is 0 Å². The van der Waals surface area contributed by atoms with E-state index in [2.05, 4.69) is 0 Å². The van der Waals surface area contributed by atoms with Gasteiger partial charge in [-0.05, 0) is 25.8 Å². The molecule has 18 heavy (non-hydrogen) atoms. The average molecular weight is 272 g/mol. The van der Waals surface area contributed by atoms with Crippen LogP contribution in [0.1, 0.15) is 19.4 Å². The number of hydrogen-bond donors (Lipinski definition) is 1. The molecule has 0 radical (unpaired) electrons. The highest BCUT2D eigenvalue weighted by atomic mass is 31.2. The Labute approximate surface area is 108 Å². The topological polar surface area (TPSA) is 55.8 Å². The normalized spacial score (nSPS) is 13.5. The van der Waals surface area contributed by atoms with Crippen molar-refractivity contribution in [3.63, 3.8) is 0 Å². The van der Waals surface area contributed by atoms with Gasteiger partial charge in [-0.25, -0.2) is 0 Å². The Morgan fingerprint density at radius 2 is 1.72 bits per heavy atom. The Morgan fingerprint density at radius 1 is 1.17 bits per heavy atom. The third-order valence-electron chi connectivity index (χ3n) is 2.40. The molecule has 1 rings (SSSR count). The maximum Gasteiger partial charge on any atom is 0.333 e. The maximum absolute atomic E-state index is 12.2. The Morgan fingerprint density at radius 3 is 2.22 bits per heavy atom. The van der Waals surface area contributed by atoms with Crippen LogP contribution in [0.5, 0.6) is 0 Å². The van der Waals surface area contributed by atoms with Crippen LogP contribution < -0.4 is 0 Å². The van der Waals surface area contributed by atoms with Gasteiger partial charge >= 0.3 is 7.60 Å². The minimum absolute atomic E-state index is 0.0313. The molecule has 1 unspecified atom stereocenters. The minimum atomic E-state index is -3.16. The first-order valence-corrected chi connectivity index (χ1v) is 7.92. The van der Waals surface area contributed by atoms with Crippen molar-refractivity contribution >= 4 is 7.60 Å². The lowest BCUT2D eigenvalue weighted by Gasteiger charge is -2.20. The molecule has 0 saturated carbocycles. The van der Waals surface area contributed by atoms with E-state index in [-0.39, 0.29) is 6.16 Å². The summed E-state index contributed by atoms with van der Waals surface area (Å²) >= 11 is 0. The molecule has 0 amide bonds. The molecule has 1 aromatic rings. The second-order valence-electron chi connectivity index (χ2n) is 3.97. The standard InChI is InChI=1S/C13H21O4P/c1-3-16-18(15,17-4-2)11-13(14)10-12-8-6-5-7-9-12/h5-9,13-14H,3-4,10-11H2,1-2H3. The third-order valence-corrected chi connectivity index (χ3v) is 4.57. The molecule has 1 N–H and O–H groups in total. The molecule has 0 aliphatic heterocycles. The molecule has 0 aromatic heterocycles. The first-order valence-electron chi connectivity index (χ1n) is 6.19. The maximum atomic E-state index is 12.2. The van der Waals surface area contributed by atoms with Gasteiger partial charge in [-0.15, -0.1) is 0 Å². The van der Waals surface area contributed by atoms with Gasteiger partial charge in [0.2, 0.25) is 0 Å². The summed E-state index contributed by atoms with van der Waals surface area (Å²) in [4.78, 5) is 0. The van der Waals surface area contributed by atoms with E-state index >= 15 is 0 Å². The molecule has 0 bridgehead atoms. The fraction of sp³-hybridized carbons (Fsp3) is 0.538. The molecule has 1 atom stereocenters. The zero-order chi connectivity index (χ0) is 13.4. The lowest BCUT2D eigenvalue weighted by atomic mass is 10.1. The molecule has 0 spiro atoms. The highest BCUT2D eigenvalue weighted by Gasteiger charge is 2.27. The van der Waals surface area contributed by atoms with Gasteiger partial charge in [0.15, 0.2) is 0 Å². The number of rotatable bonds is 8. The molecule has 0 fully saturated rings. The van der Waals surface area contributed by atoms with Gasteiger partial charge in [-0.3, -0.25) is 4.57 Å². The SMILES string of the molecule is CCOP(=O)(CC(O)Cc1ccccc1)OCC. The van der Waals surface area contributed by atoms with Crippen LogP contribution >= 0.6 is 7.60 Å². The van der Waals surface area contributed by atoms with Crippen LogP contribution in [0.25, 0.3) is 0 Å². The summed E-state index contributed by atoms with van der Waals surface area (Å²) in [7, 11) is -3.16. The van der Waals surface area contributed by atoms with Gasteiger partial charge in [-0.2, -0.15) is 0 Å². The molecule has 4 nitrogen and oxygen atoms in total. The predicted octanol–water partition coefficient (Wildman–Crippen LogP) is 2.86. The lowest BCUT2D eigenvalue weighted by molar-refractivity contribution is 0.169. The van der Waals surface area contributed by atoms with E-state index in [0.29, 0.717) is 19.6 Å². The van der Waals surface area contributed by atoms with E-state index in [9.17, 15) is 9.67 Å². The van der Waals surface area contributed by atoms with Crippen molar-refractivity contribution in [1.29, 1.82) is 0 Å². The van der Waals surface area contributed by atoms with Crippen molar-refractivity contribution in [2.45, 2.75) is 26.4 Å².